The average Bonchev–Trinajstić information content (AvgIpc) is 2.45. The van der Waals surface area contributed by atoms with E-state index in [1.165, 1.54) is 6.20 Å². The van der Waals surface area contributed by atoms with Crippen molar-refractivity contribution >= 4 is 11.6 Å². The van der Waals surface area contributed by atoms with Crippen molar-refractivity contribution in [2.24, 2.45) is 0 Å². The third-order valence-electron chi connectivity index (χ3n) is 2.63. The van der Waals surface area contributed by atoms with E-state index >= 15 is 0 Å². The molecule has 1 aromatic heterocycles. The molecule has 0 fully saturated rings. The molecule has 5 nitrogen and oxygen atoms in total. The summed E-state index contributed by atoms with van der Waals surface area (Å²) in [6, 6.07) is 10.7. The number of benzene rings is 1. The Labute approximate surface area is 111 Å². The molecule has 0 spiro atoms. The van der Waals surface area contributed by atoms with E-state index in [0.29, 0.717) is 17.9 Å². The molecule has 2 aromatic rings. The van der Waals surface area contributed by atoms with Crippen molar-refractivity contribution in [1.29, 1.82) is 0 Å². The van der Waals surface area contributed by atoms with Crippen LogP contribution in [0.4, 0.5) is 5.69 Å². The second kappa shape index (κ2) is 5.86. The molecule has 0 saturated carbocycles. The predicted molar refractivity (Wildman–Crippen MR) is 72.8 cm³/mol. The molecule has 0 saturated heterocycles. The van der Waals surface area contributed by atoms with E-state index < -0.39 is 0 Å². The first-order chi connectivity index (χ1) is 9.19. The van der Waals surface area contributed by atoms with Crippen molar-refractivity contribution in [3.05, 3.63) is 53.9 Å². The summed E-state index contributed by atoms with van der Waals surface area (Å²) in [4.78, 5) is 15.8. The number of carbonyl (C=O) groups is 1. The van der Waals surface area contributed by atoms with Gasteiger partial charge in [0.2, 0.25) is 0 Å². The highest BCUT2D eigenvalue weighted by atomic mass is 16.5. The predicted octanol–water partition coefficient (Wildman–Crippen LogP) is 1.60. The average molecular weight is 257 g/mol. The summed E-state index contributed by atoms with van der Waals surface area (Å²) in [7, 11) is 1.61. The lowest BCUT2D eigenvalue weighted by Crippen LogP contribution is -2.23. The van der Waals surface area contributed by atoms with Gasteiger partial charge in [-0.3, -0.25) is 9.78 Å². The largest absolute Gasteiger partial charge is 0.497 e. The van der Waals surface area contributed by atoms with Gasteiger partial charge in [-0.1, -0.05) is 12.1 Å². The fourth-order valence-corrected chi connectivity index (χ4v) is 1.59. The monoisotopic (exact) mass is 257 g/mol. The fraction of sp³-hybridized carbons (Fsp3) is 0.143. The summed E-state index contributed by atoms with van der Waals surface area (Å²) in [6.45, 7) is 0.430. The molecule has 1 heterocycles. The molecule has 19 heavy (non-hydrogen) atoms. The molecule has 0 radical (unpaired) electrons. The number of nitrogens with one attached hydrogen (secondary N) is 1. The molecular weight excluding hydrogens is 242 g/mol. The Morgan fingerprint density at radius 1 is 1.32 bits per heavy atom. The van der Waals surface area contributed by atoms with Crippen molar-refractivity contribution in [2.75, 3.05) is 12.8 Å². The first kappa shape index (κ1) is 12.9. The highest BCUT2D eigenvalue weighted by molar-refractivity contribution is 5.92. The Kier molecular flexibility index (Phi) is 3.97. The van der Waals surface area contributed by atoms with Crippen LogP contribution in [-0.2, 0) is 6.54 Å². The number of nitrogen functional groups attached to an aromatic ring is 1. The number of aromatic nitrogens is 1. The van der Waals surface area contributed by atoms with Gasteiger partial charge in [-0.2, -0.15) is 0 Å². The molecule has 0 unspecified atom stereocenters. The van der Waals surface area contributed by atoms with Crippen molar-refractivity contribution in [2.45, 2.75) is 6.54 Å². The Morgan fingerprint density at radius 2 is 2.05 bits per heavy atom. The summed E-state index contributed by atoms with van der Waals surface area (Å²) in [5, 5.41) is 2.78. The van der Waals surface area contributed by atoms with E-state index in [1.807, 2.05) is 24.3 Å². The zero-order chi connectivity index (χ0) is 13.7. The van der Waals surface area contributed by atoms with E-state index in [9.17, 15) is 4.79 Å². The number of nitrogens with zero attached hydrogens (tertiary/aromatic N) is 1. The smallest absolute Gasteiger partial charge is 0.270 e. The minimum absolute atomic E-state index is 0.247. The molecule has 3 N–H and O–H groups in total. The maximum atomic E-state index is 11.8. The van der Waals surface area contributed by atoms with Crippen LogP contribution in [0.3, 0.4) is 0 Å². The van der Waals surface area contributed by atoms with Crippen LogP contribution in [0.15, 0.2) is 42.6 Å². The maximum Gasteiger partial charge on any atom is 0.270 e. The van der Waals surface area contributed by atoms with Gasteiger partial charge < -0.3 is 15.8 Å². The Morgan fingerprint density at radius 3 is 2.68 bits per heavy atom. The number of carbonyl (C=O) groups excluding carboxylic acids is 1. The van der Waals surface area contributed by atoms with Crippen LogP contribution in [0.2, 0.25) is 0 Å². The number of methoxy groups -OCH3 is 1. The molecule has 0 aliphatic carbocycles. The van der Waals surface area contributed by atoms with Gasteiger partial charge in [0.05, 0.1) is 7.11 Å². The van der Waals surface area contributed by atoms with E-state index in [1.54, 1.807) is 19.2 Å². The van der Waals surface area contributed by atoms with Gasteiger partial charge in [0, 0.05) is 18.4 Å². The number of rotatable bonds is 4. The second-order valence-corrected chi connectivity index (χ2v) is 4.01. The normalized spacial score (nSPS) is 9.95. The first-order valence-electron chi connectivity index (χ1n) is 5.81. The van der Waals surface area contributed by atoms with Gasteiger partial charge in [0.15, 0.2) is 0 Å². The molecule has 5 heteroatoms. The number of nitrogens with two attached hydrogens (primary N) is 1. The summed E-state index contributed by atoms with van der Waals surface area (Å²) in [6.07, 6.45) is 1.51. The Hall–Kier alpha value is -2.56. The van der Waals surface area contributed by atoms with Crippen molar-refractivity contribution < 1.29 is 9.53 Å². The number of hydrogen-bond acceptors (Lipinski definition) is 4. The van der Waals surface area contributed by atoms with Gasteiger partial charge >= 0.3 is 0 Å². The van der Waals surface area contributed by atoms with Gasteiger partial charge in [-0.05, 0) is 29.8 Å². The van der Waals surface area contributed by atoms with E-state index in [2.05, 4.69) is 10.3 Å². The molecule has 0 atom stereocenters. The van der Waals surface area contributed by atoms with E-state index in [4.69, 9.17) is 10.5 Å². The topological polar surface area (TPSA) is 77.2 Å². The minimum atomic E-state index is -0.247. The van der Waals surface area contributed by atoms with E-state index in [-0.39, 0.29) is 5.91 Å². The highest BCUT2D eigenvalue weighted by Gasteiger charge is 2.06. The molecular formula is C14H15N3O2. The molecule has 2 rings (SSSR count). The highest BCUT2D eigenvalue weighted by Crippen LogP contribution is 2.11. The zero-order valence-corrected chi connectivity index (χ0v) is 10.6. The third-order valence-corrected chi connectivity index (χ3v) is 2.63. The van der Waals surface area contributed by atoms with Crippen LogP contribution in [0.5, 0.6) is 5.75 Å². The molecule has 98 valence electrons. The summed E-state index contributed by atoms with van der Waals surface area (Å²) in [5.41, 5.74) is 7.42. The Balaban J connectivity index is 1.96. The molecule has 0 aliphatic heterocycles. The standard InChI is InChI=1S/C14H15N3O2/c1-19-12-4-2-10(3-5-12)9-17-14(18)13-8-11(15)6-7-16-13/h2-8H,9H2,1H3,(H2,15,16)(H,17,18). The van der Waals surface area contributed by atoms with Gasteiger partial charge in [-0.25, -0.2) is 0 Å². The molecule has 1 aromatic carbocycles. The van der Waals surface area contributed by atoms with E-state index in [0.717, 1.165) is 11.3 Å². The summed E-state index contributed by atoms with van der Waals surface area (Å²) < 4.78 is 5.07. The fourth-order valence-electron chi connectivity index (χ4n) is 1.59. The molecule has 1 amide bonds. The lowest BCUT2D eigenvalue weighted by molar-refractivity contribution is 0.0946. The minimum Gasteiger partial charge on any atom is -0.497 e. The van der Waals surface area contributed by atoms with Gasteiger partial charge in [-0.15, -0.1) is 0 Å². The van der Waals surface area contributed by atoms with Crippen LogP contribution in [0, 0.1) is 0 Å². The first-order valence-corrected chi connectivity index (χ1v) is 5.81. The lowest BCUT2D eigenvalue weighted by atomic mass is 10.2. The summed E-state index contributed by atoms with van der Waals surface area (Å²) in [5.74, 6) is 0.538. The van der Waals surface area contributed by atoms with Crippen LogP contribution in [0.25, 0.3) is 0 Å². The SMILES string of the molecule is COc1ccc(CNC(=O)c2cc(N)ccn2)cc1. The number of pyridine rings is 1. The van der Waals surface area contributed by atoms with Crippen LogP contribution >= 0.6 is 0 Å². The number of anilines is 1. The Bertz CT molecular complexity index is 567. The van der Waals surface area contributed by atoms with Gasteiger partial charge in [0.25, 0.3) is 5.91 Å². The van der Waals surface area contributed by atoms with Gasteiger partial charge in [0.1, 0.15) is 11.4 Å². The number of hydrogen-bond donors (Lipinski definition) is 2. The quantitative estimate of drug-likeness (QED) is 0.872. The number of ether oxygens (including phenoxy) is 1. The van der Waals surface area contributed by atoms with Crippen molar-refractivity contribution in [1.82, 2.24) is 10.3 Å². The maximum absolute atomic E-state index is 11.8. The van der Waals surface area contributed by atoms with Crippen molar-refractivity contribution in [3.8, 4) is 5.75 Å². The van der Waals surface area contributed by atoms with Crippen LogP contribution in [0.1, 0.15) is 16.1 Å². The summed E-state index contributed by atoms with van der Waals surface area (Å²) >= 11 is 0. The zero-order valence-electron chi connectivity index (χ0n) is 10.6. The number of amides is 1. The second-order valence-electron chi connectivity index (χ2n) is 4.01. The molecule has 0 bridgehead atoms. The molecule has 0 aliphatic rings. The third kappa shape index (κ3) is 3.45. The van der Waals surface area contributed by atoms with Crippen LogP contribution in [-0.4, -0.2) is 18.0 Å². The van der Waals surface area contributed by atoms with Crippen LogP contribution < -0.4 is 15.8 Å². The lowest BCUT2D eigenvalue weighted by Gasteiger charge is -2.06. The van der Waals surface area contributed by atoms with Crippen molar-refractivity contribution in [3.63, 3.8) is 0 Å².